The molecular weight excluding hydrogens is 314 g/mol. The van der Waals surface area contributed by atoms with Gasteiger partial charge in [-0.25, -0.2) is 4.79 Å². The molecule has 1 saturated heterocycles. The third kappa shape index (κ3) is 4.85. The Balaban J connectivity index is 1.49. The van der Waals surface area contributed by atoms with Crippen molar-refractivity contribution in [2.24, 2.45) is 0 Å². The van der Waals surface area contributed by atoms with E-state index < -0.39 is 5.60 Å². The quantitative estimate of drug-likeness (QED) is 0.575. The lowest BCUT2D eigenvalue weighted by Gasteiger charge is -2.35. The number of benzene rings is 1. The molecular formula is C21H29NO3. The minimum atomic E-state index is -0.439. The summed E-state index contributed by atoms with van der Waals surface area (Å²) in [6.45, 7) is 7.14. The number of amides is 1. The second kappa shape index (κ2) is 7.61. The number of nitrogens with zero attached hydrogens (tertiary/aromatic N) is 1. The summed E-state index contributed by atoms with van der Waals surface area (Å²) >= 11 is 0. The zero-order chi connectivity index (χ0) is 17.9. The predicted molar refractivity (Wildman–Crippen MR) is 98.3 cm³/mol. The summed E-state index contributed by atoms with van der Waals surface area (Å²) < 4.78 is 11.4. The molecule has 136 valence electrons. The van der Waals surface area contributed by atoms with Crippen LogP contribution in [0.5, 0.6) is 0 Å². The van der Waals surface area contributed by atoms with Gasteiger partial charge in [-0.2, -0.15) is 0 Å². The van der Waals surface area contributed by atoms with Crippen molar-refractivity contribution in [1.29, 1.82) is 0 Å². The number of carbonyl (C=O) groups excluding carboxylic acids is 1. The Morgan fingerprint density at radius 1 is 1.20 bits per heavy atom. The van der Waals surface area contributed by atoms with Crippen molar-refractivity contribution < 1.29 is 14.3 Å². The fraction of sp³-hybridized carbons (Fsp3) is 0.571. The van der Waals surface area contributed by atoms with Crippen LogP contribution in [0.1, 0.15) is 52.0 Å². The van der Waals surface area contributed by atoms with E-state index in [1.165, 1.54) is 11.1 Å². The van der Waals surface area contributed by atoms with E-state index >= 15 is 0 Å². The Morgan fingerprint density at radius 2 is 1.96 bits per heavy atom. The maximum atomic E-state index is 12.4. The highest BCUT2D eigenvalue weighted by Crippen LogP contribution is 2.36. The molecule has 25 heavy (non-hydrogen) atoms. The first kappa shape index (κ1) is 18.0. The molecule has 1 amide bonds. The van der Waals surface area contributed by atoms with Gasteiger partial charge in [0.1, 0.15) is 5.60 Å². The molecule has 0 spiro atoms. The van der Waals surface area contributed by atoms with Gasteiger partial charge < -0.3 is 9.47 Å². The Morgan fingerprint density at radius 3 is 2.64 bits per heavy atom. The zero-order valence-corrected chi connectivity index (χ0v) is 15.5. The Kier molecular flexibility index (Phi) is 5.48. The van der Waals surface area contributed by atoms with Gasteiger partial charge in [0, 0.05) is 6.04 Å². The molecule has 4 nitrogen and oxygen atoms in total. The summed E-state index contributed by atoms with van der Waals surface area (Å²) in [5, 5.41) is 0. The third-order valence-electron chi connectivity index (χ3n) is 4.76. The number of fused-ring (bicyclic) bond motifs is 2. The molecule has 1 aromatic rings. The van der Waals surface area contributed by atoms with Crippen LogP contribution in [0.25, 0.3) is 0 Å². The van der Waals surface area contributed by atoms with Crippen molar-refractivity contribution in [2.75, 3.05) is 6.61 Å². The molecule has 0 aliphatic carbocycles. The lowest BCUT2D eigenvalue weighted by Crippen LogP contribution is -2.45. The van der Waals surface area contributed by atoms with E-state index in [0.717, 1.165) is 32.3 Å². The molecule has 2 bridgehead atoms. The van der Waals surface area contributed by atoms with Crippen LogP contribution in [-0.2, 0) is 16.1 Å². The molecule has 0 radical (unpaired) electrons. The molecule has 4 heteroatoms. The van der Waals surface area contributed by atoms with Gasteiger partial charge in [0.25, 0.3) is 0 Å². The molecule has 1 fully saturated rings. The highest BCUT2D eigenvalue weighted by Gasteiger charge is 2.41. The summed E-state index contributed by atoms with van der Waals surface area (Å²) in [4.78, 5) is 14.4. The second-order valence-corrected chi connectivity index (χ2v) is 8.00. The Labute approximate surface area is 150 Å². The van der Waals surface area contributed by atoms with E-state index in [4.69, 9.17) is 9.47 Å². The van der Waals surface area contributed by atoms with Crippen LogP contribution in [0.2, 0.25) is 0 Å². The first-order valence-corrected chi connectivity index (χ1v) is 9.25. The highest BCUT2D eigenvalue weighted by atomic mass is 16.6. The maximum absolute atomic E-state index is 12.4. The zero-order valence-electron chi connectivity index (χ0n) is 15.5. The minimum absolute atomic E-state index is 0.171. The van der Waals surface area contributed by atoms with Crippen LogP contribution in [0.15, 0.2) is 42.0 Å². The largest absolute Gasteiger partial charge is 0.444 e. The molecule has 0 aromatic heterocycles. The van der Waals surface area contributed by atoms with Crippen LogP contribution < -0.4 is 0 Å². The van der Waals surface area contributed by atoms with Crippen LogP contribution >= 0.6 is 0 Å². The standard InChI is InChI=1S/C21H29NO3/c1-21(2,3)25-20(23)22-18-9-10-19(22)14-17(13-18)11-12-24-15-16-7-5-4-6-8-16/h4-8,13,18-19H,9-12,14-15H2,1-3H3. The van der Waals surface area contributed by atoms with Gasteiger partial charge in [-0.3, -0.25) is 4.90 Å². The van der Waals surface area contributed by atoms with E-state index in [-0.39, 0.29) is 18.2 Å². The molecule has 2 aliphatic rings. The first-order valence-electron chi connectivity index (χ1n) is 9.25. The van der Waals surface area contributed by atoms with E-state index in [1.54, 1.807) is 0 Å². The SMILES string of the molecule is CC(C)(C)OC(=O)N1C2C=C(CCOCc3ccccc3)CC1CC2. The molecule has 2 unspecified atom stereocenters. The monoisotopic (exact) mass is 343 g/mol. The van der Waals surface area contributed by atoms with Crippen LogP contribution in [0.3, 0.4) is 0 Å². The predicted octanol–water partition coefficient (Wildman–Crippen LogP) is 4.69. The van der Waals surface area contributed by atoms with Crippen LogP contribution in [0.4, 0.5) is 4.79 Å². The Hall–Kier alpha value is -1.81. The minimum Gasteiger partial charge on any atom is -0.444 e. The normalized spacial score (nSPS) is 22.7. The number of hydrogen-bond donors (Lipinski definition) is 0. The summed E-state index contributed by atoms with van der Waals surface area (Å²) in [6.07, 6.45) is 6.09. The maximum Gasteiger partial charge on any atom is 0.411 e. The number of ether oxygens (including phenoxy) is 2. The summed E-state index contributed by atoms with van der Waals surface area (Å²) in [5.74, 6) is 0. The molecule has 3 rings (SSSR count). The summed E-state index contributed by atoms with van der Waals surface area (Å²) in [6, 6.07) is 10.7. The van der Waals surface area contributed by atoms with Crippen LogP contribution in [-0.4, -0.2) is 35.3 Å². The highest BCUT2D eigenvalue weighted by molar-refractivity contribution is 5.70. The van der Waals surface area contributed by atoms with Crippen molar-refractivity contribution in [3.05, 3.63) is 47.5 Å². The average Bonchev–Trinajstić information content (AvgIpc) is 2.82. The van der Waals surface area contributed by atoms with E-state index in [0.29, 0.717) is 6.61 Å². The van der Waals surface area contributed by atoms with Gasteiger partial charge in [-0.15, -0.1) is 0 Å². The van der Waals surface area contributed by atoms with Gasteiger partial charge in [0.15, 0.2) is 0 Å². The van der Waals surface area contributed by atoms with E-state index in [9.17, 15) is 4.79 Å². The third-order valence-corrected chi connectivity index (χ3v) is 4.76. The molecule has 0 N–H and O–H groups in total. The molecule has 1 aromatic carbocycles. The molecule has 0 saturated carbocycles. The average molecular weight is 343 g/mol. The van der Waals surface area contributed by atoms with Gasteiger partial charge >= 0.3 is 6.09 Å². The number of carbonyl (C=O) groups is 1. The molecule has 2 aliphatic heterocycles. The van der Waals surface area contributed by atoms with Gasteiger partial charge in [0.2, 0.25) is 0 Å². The van der Waals surface area contributed by atoms with Crippen molar-refractivity contribution in [2.45, 2.75) is 70.7 Å². The second-order valence-electron chi connectivity index (χ2n) is 8.00. The lowest BCUT2D eigenvalue weighted by atomic mass is 9.99. The topological polar surface area (TPSA) is 38.8 Å². The fourth-order valence-corrected chi connectivity index (χ4v) is 3.67. The number of rotatable bonds is 5. The number of hydrogen-bond acceptors (Lipinski definition) is 3. The van der Waals surface area contributed by atoms with Crippen molar-refractivity contribution >= 4 is 6.09 Å². The van der Waals surface area contributed by atoms with Crippen LogP contribution in [0, 0.1) is 0 Å². The lowest BCUT2D eigenvalue weighted by molar-refractivity contribution is 0.0164. The summed E-state index contributed by atoms with van der Waals surface area (Å²) in [5.41, 5.74) is 2.18. The Bertz CT molecular complexity index is 618. The van der Waals surface area contributed by atoms with Gasteiger partial charge in [-0.1, -0.05) is 42.0 Å². The summed E-state index contributed by atoms with van der Waals surface area (Å²) in [7, 11) is 0. The first-order chi connectivity index (χ1) is 11.9. The van der Waals surface area contributed by atoms with E-state index in [2.05, 4.69) is 18.2 Å². The van der Waals surface area contributed by atoms with E-state index in [1.807, 2.05) is 43.9 Å². The molecule has 2 atom stereocenters. The fourth-order valence-electron chi connectivity index (χ4n) is 3.67. The smallest absolute Gasteiger partial charge is 0.411 e. The van der Waals surface area contributed by atoms with Crippen molar-refractivity contribution in [3.63, 3.8) is 0 Å². The van der Waals surface area contributed by atoms with Crippen molar-refractivity contribution in [3.8, 4) is 0 Å². The van der Waals surface area contributed by atoms with Gasteiger partial charge in [0.05, 0.1) is 19.3 Å². The van der Waals surface area contributed by atoms with Crippen molar-refractivity contribution in [1.82, 2.24) is 4.90 Å². The van der Waals surface area contributed by atoms with Gasteiger partial charge in [-0.05, 0) is 52.0 Å². The molecule has 2 heterocycles.